The molecule has 0 aliphatic carbocycles. The van der Waals surface area contributed by atoms with E-state index in [1.165, 1.54) is 0 Å². The molecule has 0 aromatic heterocycles. The Morgan fingerprint density at radius 2 is 2.40 bits per heavy atom. The first-order chi connectivity index (χ1) is 7.17. The lowest BCUT2D eigenvalue weighted by Crippen LogP contribution is -2.47. The van der Waals surface area contributed by atoms with E-state index < -0.39 is 11.8 Å². The van der Waals surface area contributed by atoms with Gasteiger partial charge in [0.15, 0.2) is 11.8 Å². The Hall–Kier alpha value is -1.13. The largest absolute Gasteiger partial charge is 0.368 e. The summed E-state index contributed by atoms with van der Waals surface area (Å²) in [6.07, 6.45) is 7.06. The molecule has 0 unspecified atom stereocenters. The van der Waals surface area contributed by atoms with Crippen molar-refractivity contribution in [1.82, 2.24) is 5.32 Å². The number of fused-ring (bicyclic) bond motifs is 1. The number of hydrogen-bond donors (Lipinski definition) is 2. The Labute approximate surface area is 88.6 Å². The van der Waals surface area contributed by atoms with Gasteiger partial charge in [-0.3, -0.25) is 4.79 Å². The topological polar surface area (TPSA) is 61.9 Å². The lowest BCUT2D eigenvalue weighted by molar-refractivity contribution is -0.129. The zero-order chi connectivity index (χ0) is 10.9. The molecule has 2 heterocycles. The van der Waals surface area contributed by atoms with Gasteiger partial charge in [-0.1, -0.05) is 18.2 Å². The van der Waals surface area contributed by atoms with Crippen LogP contribution in [0.3, 0.4) is 0 Å². The van der Waals surface area contributed by atoms with E-state index in [1.807, 2.05) is 18.2 Å². The van der Waals surface area contributed by atoms with Gasteiger partial charge in [0, 0.05) is 6.42 Å². The van der Waals surface area contributed by atoms with Gasteiger partial charge in [-0.25, -0.2) is 0 Å². The van der Waals surface area contributed by atoms with Crippen molar-refractivity contribution >= 4 is 5.91 Å². The summed E-state index contributed by atoms with van der Waals surface area (Å²) in [6, 6.07) is 0. The molecular weight excluding hydrogens is 194 g/mol. The molecule has 2 aliphatic rings. The zero-order valence-corrected chi connectivity index (χ0v) is 8.48. The lowest BCUT2D eigenvalue weighted by atomic mass is 10.0. The Morgan fingerprint density at radius 3 is 2.93 bits per heavy atom. The Balaban J connectivity index is 1.79. The van der Waals surface area contributed by atoms with Crippen molar-refractivity contribution in [2.75, 3.05) is 0 Å². The smallest absolute Gasteiger partial charge is 0.254 e. The number of nitrogens with one attached hydrogen (secondary N) is 1. The van der Waals surface area contributed by atoms with Crippen molar-refractivity contribution in [1.29, 1.82) is 0 Å². The predicted octanol–water partition coefficient (Wildman–Crippen LogP) is 0.485. The quantitative estimate of drug-likeness (QED) is 0.511. The van der Waals surface area contributed by atoms with Gasteiger partial charge in [0.05, 0.1) is 0 Å². The van der Waals surface area contributed by atoms with Crippen LogP contribution >= 0.6 is 0 Å². The fourth-order valence-corrected chi connectivity index (χ4v) is 1.85. The molecule has 0 spiro atoms. The van der Waals surface area contributed by atoms with Crippen LogP contribution in [0.15, 0.2) is 24.8 Å². The predicted molar refractivity (Wildman–Crippen MR) is 54.9 cm³/mol. The van der Waals surface area contributed by atoms with Gasteiger partial charge >= 0.3 is 0 Å². The second kappa shape index (κ2) is 3.79. The second-order valence-electron chi connectivity index (χ2n) is 3.93. The second-order valence-corrected chi connectivity index (χ2v) is 3.93. The van der Waals surface area contributed by atoms with Gasteiger partial charge in [-0.15, -0.1) is 6.58 Å². The van der Waals surface area contributed by atoms with E-state index in [9.17, 15) is 9.90 Å². The first-order valence-electron chi connectivity index (χ1n) is 5.13. The number of ether oxygens (including phenoxy) is 1. The molecule has 15 heavy (non-hydrogen) atoms. The molecule has 4 nitrogen and oxygen atoms in total. The van der Waals surface area contributed by atoms with Crippen molar-refractivity contribution < 1.29 is 14.6 Å². The third-order valence-electron chi connectivity index (χ3n) is 2.72. The van der Waals surface area contributed by atoms with Crippen LogP contribution in [-0.4, -0.2) is 28.9 Å². The van der Waals surface area contributed by atoms with E-state index in [1.54, 1.807) is 0 Å². The van der Waals surface area contributed by atoms with Crippen LogP contribution < -0.4 is 5.32 Å². The fourth-order valence-electron chi connectivity index (χ4n) is 1.85. The Kier molecular flexibility index (Phi) is 2.63. The lowest BCUT2D eigenvalue weighted by Gasteiger charge is -2.22. The van der Waals surface area contributed by atoms with E-state index in [2.05, 4.69) is 11.9 Å². The monoisotopic (exact) mass is 209 g/mol. The third-order valence-corrected chi connectivity index (χ3v) is 2.72. The molecular formula is C11H15NO3. The molecule has 0 bridgehead atoms. The summed E-state index contributed by atoms with van der Waals surface area (Å²) in [7, 11) is 0. The van der Waals surface area contributed by atoms with Crippen molar-refractivity contribution in [3.8, 4) is 0 Å². The van der Waals surface area contributed by atoms with Crippen LogP contribution in [0.4, 0.5) is 0 Å². The summed E-state index contributed by atoms with van der Waals surface area (Å²) in [5, 5.41) is 12.6. The van der Waals surface area contributed by atoms with Gasteiger partial charge in [0.25, 0.3) is 5.91 Å². The first-order valence-corrected chi connectivity index (χ1v) is 5.13. The van der Waals surface area contributed by atoms with Gasteiger partial charge in [0.2, 0.25) is 0 Å². The molecule has 2 aliphatic heterocycles. The number of carbonyl (C=O) groups is 1. The number of aliphatic hydroxyl groups is 1. The van der Waals surface area contributed by atoms with Crippen molar-refractivity contribution in [3.05, 3.63) is 24.8 Å². The molecule has 2 saturated heterocycles. The molecule has 1 amide bonds. The highest BCUT2D eigenvalue weighted by Crippen LogP contribution is 2.39. The summed E-state index contributed by atoms with van der Waals surface area (Å²) in [5.74, 6) is -0.197. The first kappa shape index (κ1) is 10.4. The number of allylic oxidation sites excluding steroid dienone is 3. The summed E-state index contributed by atoms with van der Waals surface area (Å²) in [6.45, 7) is 3.60. The number of morpholine rings is 1. The van der Waals surface area contributed by atoms with Crippen LogP contribution in [0.2, 0.25) is 0 Å². The van der Waals surface area contributed by atoms with Gasteiger partial charge in [0.1, 0.15) is 6.10 Å². The van der Waals surface area contributed by atoms with Crippen molar-refractivity contribution in [3.63, 3.8) is 0 Å². The van der Waals surface area contributed by atoms with Crippen LogP contribution in [0.25, 0.3) is 0 Å². The Morgan fingerprint density at radius 1 is 1.60 bits per heavy atom. The Bertz CT molecular complexity index is 313. The summed E-state index contributed by atoms with van der Waals surface area (Å²) < 4.78 is 5.06. The summed E-state index contributed by atoms with van der Waals surface area (Å²) in [5.41, 5.74) is -1.15. The highest BCUT2D eigenvalue weighted by Gasteiger charge is 2.64. The zero-order valence-electron chi connectivity index (χ0n) is 8.48. The van der Waals surface area contributed by atoms with Gasteiger partial charge in [-0.2, -0.15) is 0 Å². The maximum atomic E-state index is 11.1. The summed E-state index contributed by atoms with van der Waals surface area (Å²) >= 11 is 0. The van der Waals surface area contributed by atoms with Gasteiger partial charge in [-0.05, 0) is 12.8 Å². The highest BCUT2D eigenvalue weighted by molar-refractivity contribution is 5.88. The van der Waals surface area contributed by atoms with Crippen LogP contribution in [0.1, 0.15) is 19.3 Å². The van der Waals surface area contributed by atoms with Crippen molar-refractivity contribution in [2.24, 2.45) is 0 Å². The fraction of sp³-hybridized carbons (Fsp3) is 0.545. The molecule has 2 N–H and O–H groups in total. The standard InChI is InChI=1S/C11H15NO3/c1-2-3-4-5-6-7-11(14)9-8(15-9)10(13)12-11/h2,4-5,8-9,14H,1,3,6-7H2,(H,12,13)/b5-4+/t8-,9+,11-/m1/s1. The number of rotatable bonds is 5. The molecule has 0 radical (unpaired) electrons. The number of carbonyl (C=O) groups excluding carboxylic acids is 1. The van der Waals surface area contributed by atoms with Gasteiger partial charge < -0.3 is 15.2 Å². The van der Waals surface area contributed by atoms with Crippen LogP contribution in [-0.2, 0) is 9.53 Å². The summed E-state index contributed by atoms with van der Waals surface area (Å²) in [4.78, 5) is 11.1. The molecule has 0 saturated carbocycles. The molecule has 0 aromatic rings. The minimum Gasteiger partial charge on any atom is -0.368 e. The normalized spacial score (nSPS) is 37.8. The third kappa shape index (κ3) is 1.96. The maximum absolute atomic E-state index is 11.1. The molecule has 3 atom stereocenters. The minimum atomic E-state index is -1.15. The number of hydrogen-bond acceptors (Lipinski definition) is 3. The number of epoxide rings is 1. The molecule has 2 rings (SSSR count). The highest BCUT2D eigenvalue weighted by atomic mass is 16.6. The average Bonchev–Trinajstić information content (AvgIpc) is 2.93. The van der Waals surface area contributed by atoms with E-state index in [0.717, 1.165) is 12.8 Å². The molecule has 82 valence electrons. The average molecular weight is 209 g/mol. The van der Waals surface area contributed by atoms with Crippen molar-refractivity contribution in [2.45, 2.75) is 37.2 Å². The SMILES string of the molecule is C=CC/C=C/CC[C@]1(O)NC(=O)[C@@H]2O[C@@H]21. The number of amides is 1. The van der Waals surface area contributed by atoms with Crippen LogP contribution in [0.5, 0.6) is 0 Å². The maximum Gasteiger partial charge on any atom is 0.254 e. The molecule has 2 fully saturated rings. The van der Waals surface area contributed by atoms with E-state index in [0.29, 0.717) is 6.42 Å². The van der Waals surface area contributed by atoms with E-state index in [-0.39, 0.29) is 12.0 Å². The van der Waals surface area contributed by atoms with Crippen LogP contribution in [0, 0.1) is 0 Å². The minimum absolute atomic E-state index is 0.197. The molecule has 0 aromatic carbocycles. The molecule has 4 heteroatoms. The van der Waals surface area contributed by atoms with E-state index in [4.69, 9.17) is 4.74 Å². The van der Waals surface area contributed by atoms with E-state index >= 15 is 0 Å².